The van der Waals surface area contributed by atoms with Crippen molar-refractivity contribution < 1.29 is 4.39 Å². The number of nitrogens with one attached hydrogen (secondary N) is 1. The molecule has 0 bridgehead atoms. The third kappa shape index (κ3) is 3.65. The van der Waals surface area contributed by atoms with E-state index in [0.29, 0.717) is 29.2 Å². The molecule has 1 nitrogen and oxygen atoms in total. The van der Waals surface area contributed by atoms with Crippen LogP contribution in [0, 0.1) is 19.7 Å². The Morgan fingerprint density at radius 1 is 1.40 bits per heavy atom. The Bertz CT molecular complexity index is 351. The first kappa shape index (κ1) is 12.2. The van der Waals surface area contributed by atoms with Gasteiger partial charge in [-0.1, -0.05) is 30.3 Å². The van der Waals surface area contributed by atoms with Gasteiger partial charge in [-0.05, 0) is 30.5 Å². The Morgan fingerprint density at radius 3 is 2.40 bits per heavy atom. The van der Waals surface area contributed by atoms with E-state index in [4.69, 9.17) is 11.6 Å². The minimum Gasteiger partial charge on any atom is -0.308 e. The summed E-state index contributed by atoms with van der Waals surface area (Å²) < 4.78 is 13.3. The molecule has 0 atom stereocenters. The van der Waals surface area contributed by atoms with Crippen molar-refractivity contribution in [2.75, 3.05) is 6.54 Å². The molecule has 0 saturated carbocycles. The zero-order chi connectivity index (χ0) is 11.4. The maximum absolute atomic E-state index is 13.3. The first-order chi connectivity index (χ1) is 7.00. The molecular formula is C12H15ClFN. The Morgan fingerprint density at radius 2 is 1.93 bits per heavy atom. The second kappa shape index (κ2) is 5.29. The van der Waals surface area contributed by atoms with E-state index in [0.717, 1.165) is 5.56 Å². The molecule has 1 N–H and O–H groups in total. The Labute approximate surface area is 95.0 Å². The molecule has 1 aromatic carbocycles. The lowest BCUT2D eigenvalue weighted by atomic mass is 10.1. The molecule has 0 unspecified atom stereocenters. The molecule has 1 aromatic rings. The van der Waals surface area contributed by atoms with Gasteiger partial charge in [-0.15, -0.1) is 0 Å². The minimum atomic E-state index is -0.125. The minimum absolute atomic E-state index is 0.125. The van der Waals surface area contributed by atoms with Crippen LogP contribution >= 0.6 is 11.6 Å². The largest absolute Gasteiger partial charge is 0.308 e. The van der Waals surface area contributed by atoms with Crippen molar-refractivity contribution in [3.8, 4) is 0 Å². The lowest BCUT2D eigenvalue weighted by Crippen LogP contribution is -2.14. The molecule has 1 rings (SSSR count). The van der Waals surface area contributed by atoms with Gasteiger partial charge >= 0.3 is 0 Å². The molecule has 0 saturated heterocycles. The second-order valence-corrected chi connectivity index (χ2v) is 4.20. The summed E-state index contributed by atoms with van der Waals surface area (Å²) in [5.41, 5.74) is 2.41. The summed E-state index contributed by atoms with van der Waals surface area (Å²) in [4.78, 5) is 0. The summed E-state index contributed by atoms with van der Waals surface area (Å²) in [5.74, 6) is -0.125. The van der Waals surface area contributed by atoms with Gasteiger partial charge < -0.3 is 5.32 Å². The Hall–Kier alpha value is -0.860. The molecule has 0 fully saturated rings. The normalized spacial score (nSPS) is 10.4. The zero-order valence-electron chi connectivity index (χ0n) is 9.03. The fourth-order valence-electron chi connectivity index (χ4n) is 1.48. The van der Waals surface area contributed by atoms with Crippen LogP contribution in [0.2, 0.25) is 0 Å². The van der Waals surface area contributed by atoms with Crippen molar-refractivity contribution in [1.29, 1.82) is 0 Å². The van der Waals surface area contributed by atoms with E-state index in [9.17, 15) is 4.39 Å². The van der Waals surface area contributed by atoms with Crippen LogP contribution in [0.25, 0.3) is 0 Å². The molecule has 0 heterocycles. The van der Waals surface area contributed by atoms with E-state index >= 15 is 0 Å². The molecule has 0 radical (unpaired) electrons. The fourth-order valence-corrected chi connectivity index (χ4v) is 1.57. The van der Waals surface area contributed by atoms with Gasteiger partial charge in [-0.3, -0.25) is 0 Å². The number of rotatable bonds is 4. The topological polar surface area (TPSA) is 12.0 Å². The summed E-state index contributed by atoms with van der Waals surface area (Å²) in [6.07, 6.45) is 0. The summed E-state index contributed by atoms with van der Waals surface area (Å²) in [6.45, 7) is 8.36. The van der Waals surface area contributed by atoms with Gasteiger partial charge in [0.1, 0.15) is 5.82 Å². The first-order valence-electron chi connectivity index (χ1n) is 4.80. The maximum atomic E-state index is 13.3. The van der Waals surface area contributed by atoms with E-state index in [1.165, 1.54) is 0 Å². The average Bonchev–Trinajstić information content (AvgIpc) is 2.13. The molecular weight excluding hydrogens is 213 g/mol. The highest BCUT2D eigenvalue weighted by Gasteiger charge is 2.03. The third-order valence-electron chi connectivity index (χ3n) is 2.14. The van der Waals surface area contributed by atoms with Gasteiger partial charge in [0.25, 0.3) is 0 Å². The number of hydrogen-bond donors (Lipinski definition) is 1. The molecule has 0 aliphatic carbocycles. The molecule has 82 valence electrons. The number of halogens is 2. The van der Waals surface area contributed by atoms with Crippen LogP contribution in [0.15, 0.2) is 23.7 Å². The zero-order valence-corrected chi connectivity index (χ0v) is 9.79. The monoisotopic (exact) mass is 227 g/mol. The van der Waals surface area contributed by atoms with Crippen LogP contribution in [0.5, 0.6) is 0 Å². The average molecular weight is 228 g/mol. The molecule has 0 aromatic heterocycles. The number of hydrogen-bond acceptors (Lipinski definition) is 1. The van der Waals surface area contributed by atoms with Crippen molar-refractivity contribution in [1.82, 2.24) is 5.32 Å². The van der Waals surface area contributed by atoms with Crippen molar-refractivity contribution in [3.63, 3.8) is 0 Å². The van der Waals surface area contributed by atoms with Crippen molar-refractivity contribution in [3.05, 3.63) is 46.3 Å². The van der Waals surface area contributed by atoms with Gasteiger partial charge in [-0.25, -0.2) is 4.39 Å². The van der Waals surface area contributed by atoms with Crippen molar-refractivity contribution >= 4 is 11.6 Å². The standard InChI is InChI=1S/C12H15ClFN/c1-8-4-11(5-9(2)12(8)14)7-15-6-10(3)13/h4-5,15H,3,6-7H2,1-2H3. The maximum Gasteiger partial charge on any atom is 0.129 e. The van der Waals surface area contributed by atoms with Crippen LogP contribution in [-0.4, -0.2) is 6.54 Å². The summed E-state index contributed by atoms with van der Waals surface area (Å²) in [6, 6.07) is 3.68. The van der Waals surface area contributed by atoms with Gasteiger partial charge in [0.05, 0.1) is 0 Å². The van der Waals surface area contributed by atoms with Crippen LogP contribution < -0.4 is 5.32 Å². The highest BCUT2D eigenvalue weighted by molar-refractivity contribution is 6.29. The predicted molar refractivity (Wildman–Crippen MR) is 62.6 cm³/mol. The fraction of sp³-hybridized carbons (Fsp3) is 0.333. The Balaban J connectivity index is 2.66. The van der Waals surface area contributed by atoms with Crippen LogP contribution in [-0.2, 0) is 6.54 Å². The van der Waals surface area contributed by atoms with Gasteiger partial charge in [0, 0.05) is 18.1 Å². The van der Waals surface area contributed by atoms with Crippen molar-refractivity contribution in [2.45, 2.75) is 20.4 Å². The lowest BCUT2D eigenvalue weighted by molar-refractivity contribution is 0.607. The van der Waals surface area contributed by atoms with Crippen LogP contribution in [0.3, 0.4) is 0 Å². The number of aryl methyl sites for hydroxylation is 2. The third-order valence-corrected chi connectivity index (χ3v) is 2.28. The van der Waals surface area contributed by atoms with Gasteiger partial charge in [-0.2, -0.15) is 0 Å². The lowest BCUT2D eigenvalue weighted by Gasteiger charge is -2.07. The highest BCUT2D eigenvalue weighted by Crippen LogP contribution is 2.14. The van der Waals surface area contributed by atoms with Crippen LogP contribution in [0.4, 0.5) is 4.39 Å². The predicted octanol–water partition coefficient (Wildman–Crippen LogP) is 3.28. The molecule has 0 aliphatic heterocycles. The summed E-state index contributed by atoms with van der Waals surface area (Å²) in [5, 5.41) is 3.70. The SMILES string of the molecule is C=C(Cl)CNCc1cc(C)c(F)c(C)c1. The van der Waals surface area contributed by atoms with E-state index < -0.39 is 0 Å². The van der Waals surface area contributed by atoms with Crippen LogP contribution in [0.1, 0.15) is 16.7 Å². The summed E-state index contributed by atoms with van der Waals surface area (Å²) >= 11 is 5.61. The smallest absolute Gasteiger partial charge is 0.129 e. The molecule has 15 heavy (non-hydrogen) atoms. The second-order valence-electron chi connectivity index (χ2n) is 3.66. The molecule has 3 heteroatoms. The molecule has 0 aliphatic rings. The van der Waals surface area contributed by atoms with E-state index in [1.807, 2.05) is 12.1 Å². The Kier molecular flexibility index (Phi) is 4.30. The van der Waals surface area contributed by atoms with Gasteiger partial charge in [0.2, 0.25) is 0 Å². The molecule has 0 spiro atoms. The first-order valence-corrected chi connectivity index (χ1v) is 5.18. The van der Waals surface area contributed by atoms with E-state index in [2.05, 4.69) is 11.9 Å². The van der Waals surface area contributed by atoms with E-state index in [-0.39, 0.29) is 5.82 Å². The summed E-state index contributed by atoms with van der Waals surface area (Å²) in [7, 11) is 0. The van der Waals surface area contributed by atoms with Gasteiger partial charge in [0.15, 0.2) is 0 Å². The van der Waals surface area contributed by atoms with E-state index in [1.54, 1.807) is 13.8 Å². The van der Waals surface area contributed by atoms with Crippen molar-refractivity contribution in [2.24, 2.45) is 0 Å². The quantitative estimate of drug-likeness (QED) is 0.833. The highest BCUT2D eigenvalue weighted by atomic mass is 35.5. The molecule has 0 amide bonds. The number of benzene rings is 1.